The summed E-state index contributed by atoms with van der Waals surface area (Å²) in [7, 11) is 0. The first-order valence-corrected chi connectivity index (χ1v) is 9.71. The summed E-state index contributed by atoms with van der Waals surface area (Å²) in [6.07, 6.45) is 8.82. The van der Waals surface area contributed by atoms with E-state index < -0.39 is 17.9 Å². The van der Waals surface area contributed by atoms with Gasteiger partial charge in [0.15, 0.2) is 5.75 Å². The number of carbonyl (C=O) groups is 1. The number of pyridine rings is 1. The number of benzene rings is 1. The molecule has 144 valence electrons. The second-order valence-electron chi connectivity index (χ2n) is 7.29. The number of hydrogen-bond donors (Lipinski definition) is 0. The maximum atomic E-state index is 13.5. The van der Waals surface area contributed by atoms with Gasteiger partial charge in [0, 0.05) is 0 Å². The molecule has 1 aromatic carbocycles. The third-order valence-electron chi connectivity index (χ3n) is 5.41. The highest BCUT2D eigenvalue weighted by molar-refractivity contribution is 5.91. The van der Waals surface area contributed by atoms with Crippen LogP contribution in [0.3, 0.4) is 0 Å². The van der Waals surface area contributed by atoms with Crippen molar-refractivity contribution >= 4 is 5.97 Å². The molecular weight excluding hydrogens is 348 g/mol. The van der Waals surface area contributed by atoms with Gasteiger partial charge in [0.25, 0.3) is 5.95 Å². The average molecular weight is 373 g/mol. The summed E-state index contributed by atoms with van der Waals surface area (Å²) in [5.74, 6) is -1.77. The van der Waals surface area contributed by atoms with Crippen LogP contribution in [0.1, 0.15) is 73.7 Å². The number of aromatic nitrogens is 1. The van der Waals surface area contributed by atoms with Gasteiger partial charge < -0.3 is 4.74 Å². The number of ether oxygens (including phenoxy) is 1. The van der Waals surface area contributed by atoms with Gasteiger partial charge in [-0.1, -0.05) is 38.3 Å². The van der Waals surface area contributed by atoms with Gasteiger partial charge in [0.2, 0.25) is 5.95 Å². The van der Waals surface area contributed by atoms with Crippen LogP contribution in [0.25, 0.3) is 0 Å². The molecule has 0 spiro atoms. The van der Waals surface area contributed by atoms with E-state index in [1.54, 1.807) is 12.1 Å². The van der Waals surface area contributed by atoms with Crippen molar-refractivity contribution in [2.24, 2.45) is 5.92 Å². The molecule has 3 rings (SSSR count). The van der Waals surface area contributed by atoms with Crippen molar-refractivity contribution in [2.45, 2.75) is 57.8 Å². The Morgan fingerprint density at radius 2 is 1.78 bits per heavy atom. The number of nitrogens with zero attached hydrogens (tertiary/aromatic N) is 1. The molecule has 1 heterocycles. The molecule has 3 nitrogen and oxygen atoms in total. The smallest absolute Gasteiger partial charge is 0.343 e. The fourth-order valence-electron chi connectivity index (χ4n) is 3.80. The molecule has 0 aliphatic heterocycles. The van der Waals surface area contributed by atoms with Gasteiger partial charge in [-0.25, -0.2) is 4.79 Å². The predicted molar refractivity (Wildman–Crippen MR) is 99.8 cm³/mol. The number of unbranched alkanes of at least 4 members (excludes halogenated alkanes) is 1. The number of esters is 1. The van der Waals surface area contributed by atoms with Crippen molar-refractivity contribution in [1.82, 2.24) is 4.98 Å². The third kappa shape index (κ3) is 5.12. The van der Waals surface area contributed by atoms with E-state index in [0.29, 0.717) is 11.5 Å². The highest BCUT2D eigenvalue weighted by Crippen LogP contribution is 2.37. The fraction of sp³-hybridized carbons (Fsp3) is 0.455. The third-order valence-corrected chi connectivity index (χ3v) is 5.41. The molecule has 0 saturated heterocycles. The molecule has 0 radical (unpaired) electrons. The zero-order valence-electron chi connectivity index (χ0n) is 15.6. The van der Waals surface area contributed by atoms with Crippen LogP contribution in [-0.4, -0.2) is 11.0 Å². The Bertz CT molecular complexity index is 768. The number of hydrogen-bond acceptors (Lipinski definition) is 3. The van der Waals surface area contributed by atoms with Gasteiger partial charge in [-0.2, -0.15) is 13.8 Å². The lowest BCUT2D eigenvalue weighted by atomic mass is 9.77. The second kappa shape index (κ2) is 9.07. The summed E-state index contributed by atoms with van der Waals surface area (Å²) < 4.78 is 31.3. The minimum absolute atomic E-state index is 0.333. The molecule has 1 aliphatic carbocycles. The quantitative estimate of drug-likeness (QED) is 0.457. The normalized spacial score (nSPS) is 19.7. The molecule has 0 amide bonds. The lowest BCUT2D eigenvalue weighted by Crippen LogP contribution is -2.14. The fourth-order valence-corrected chi connectivity index (χ4v) is 3.80. The van der Waals surface area contributed by atoms with Crippen LogP contribution in [0.15, 0.2) is 36.4 Å². The maximum Gasteiger partial charge on any atom is 0.343 e. The first kappa shape index (κ1) is 19.5. The Labute approximate surface area is 158 Å². The molecule has 5 heteroatoms. The molecule has 27 heavy (non-hydrogen) atoms. The summed E-state index contributed by atoms with van der Waals surface area (Å²) >= 11 is 0. The van der Waals surface area contributed by atoms with Crippen molar-refractivity contribution in [3.05, 3.63) is 59.4 Å². The first-order chi connectivity index (χ1) is 13.1. The van der Waals surface area contributed by atoms with Crippen molar-refractivity contribution in [1.29, 1.82) is 0 Å². The van der Waals surface area contributed by atoms with Gasteiger partial charge in [-0.15, -0.1) is 0 Å². The van der Waals surface area contributed by atoms with Gasteiger partial charge in [0.05, 0.1) is 5.56 Å². The summed E-state index contributed by atoms with van der Waals surface area (Å²) in [6.45, 7) is 2.24. The predicted octanol–water partition coefficient (Wildman–Crippen LogP) is 6.04. The minimum atomic E-state index is -1.14. The molecule has 1 fully saturated rings. The van der Waals surface area contributed by atoms with E-state index in [1.807, 2.05) is 12.1 Å². The number of carbonyl (C=O) groups excluding carboxylic acids is 1. The first-order valence-electron chi connectivity index (χ1n) is 9.71. The summed E-state index contributed by atoms with van der Waals surface area (Å²) in [6, 6.07) is 9.32. The van der Waals surface area contributed by atoms with E-state index in [4.69, 9.17) is 4.74 Å². The van der Waals surface area contributed by atoms with Gasteiger partial charge in [0.1, 0.15) is 0 Å². The number of halogens is 2. The van der Waals surface area contributed by atoms with Gasteiger partial charge in [-0.05, 0) is 67.3 Å². The van der Waals surface area contributed by atoms with Crippen LogP contribution < -0.4 is 4.74 Å². The Balaban J connectivity index is 1.58. The van der Waals surface area contributed by atoms with Crippen molar-refractivity contribution in [2.75, 3.05) is 0 Å². The number of rotatable bonds is 6. The molecule has 1 saturated carbocycles. The van der Waals surface area contributed by atoms with Crippen LogP contribution in [0.2, 0.25) is 0 Å². The van der Waals surface area contributed by atoms with Gasteiger partial charge >= 0.3 is 5.97 Å². The van der Waals surface area contributed by atoms with Crippen LogP contribution in [0.5, 0.6) is 5.75 Å². The molecule has 0 N–H and O–H groups in total. The molecule has 1 aliphatic rings. The SMILES string of the molecule is CCCC[C@H]1CC[C@H](c2ccc(C(=O)Oc3ccc(F)nc3F)cc2)CC1. The Morgan fingerprint density at radius 1 is 1.07 bits per heavy atom. The van der Waals surface area contributed by atoms with E-state index in [-0.39, 0.29) is 5.75 Å². The zero-order valence-corrected chi connectivity index (χ0v) is 15.6. The van der Waals surface area contributed by atoms with Crippen molar-refractivity contribution in [3.63, 3.8) is 0 Å². The van der Waals surface area contributed by atoms with Crippen molar-refractivity contribution in [3.8, 4) is 5.75 Å². The largest absolute Gasteiger partial charge is 0.418 e. The average Bonchev–Trinajstić information content (AvgIpc) is 2.69. The van der Waals surface area contributed by atoms with E-state index in [1.165, 1.54) is 50.5 Å². The molecule has 0 unspecified atom stereocenters. The van der Waals surface area contributed by atoms with Crippen LogP contribution in [0, 0.1) is 17.8 Å². The molecule has 2 aromatic rings. The minimum Gasteiger partial charge on any atom is -0.418 e. The molecular formula is C22H25F2NO2. The lowest BCUT2D eigenvalue weighted by Gasteiger charge is -2.28. The standard InChI is InChI=1S/C22H25F2NO2/c1-2-3-4-15-5-7-16(8-6-15)17-9-11-18(12-10-17)22(26)27-19-13-14-20(23)25-21(19)24/h9-16H,2-8H2,1H3/t15-,16-. The Morgan fingerprint density at radius 3 is 2.41 bits per heavy atom. The van der Waals surface area contributed by atoms with Crippen LogP contribution in [0.4, 0.5) is 8.78 Å². The highest BCUT2D eigenvalue weighted by atomic mass is 19.1. The molecule has 0 atom stereocenters. The van der Waals surface area contributed by atoms with Crippen molar-refractivity contribution < 1.29 is 18.3 Å². The molecule has 1 aromatic heterocycles. The highest BCUT2D eigenvalue weighted by Gasteiger charge is 2.22. The van der Waals surface area contributed by atoms with E-state index in [2.05, 4.69) is 11.9 Å². The topological polar surface area (TPSA) is 39.2 Å². The summed E-state index contributed by atoms with van der Waals surface area (Å²) in [5.41, 5.74) is 1.56. The summed E-state index contributed by atoms with van der Waals surface area (Å²) in [4.78, 5) is 15.2. The monoisotopic (exact) mass is 373 g/mol. The Hall–Kier alpha value is -2.30. The maximum absolute atomic E-state index is 13.5. The van der Waals surface area contributed by atoms with E-state index >= 15 is 0 Å². The van der Waals surface area contributed by atoms with Crippen LogP contribution >= 0.6 is 0 Å². The van der Waals surface area contributed by atoms with E-state index in [9.17, 15) is 13.6 Å². The van der Waals surface area contributed by atoms with E-state index in [0.717, 1.165) is 18.1 Å². The second-order valence-corrected chi connectivity index (χ2v) is 7.29. The lowest BCUT2D eigenvalue weighted by molar-refractivity contribution is 0.0725. The Kier molecular flexibility index (Phi) is 6.54. The summed E-state index contributed by atoms with van der Waals surface area (Å²) in [5, 5.41) is 0. The molecule has 0 bridgehead atoms. The van der Waals surface area contributed by atoms with Gasteiger partial charge in [-0.3, -0.25) is 0 Å². The van der Waals surface area contributed by atoms with Crippen LogP contribution in [-0.2, 0) is 0 Å². The zero-order chi connectivity index (χ0) is 19.2.